The number of nitrogens with two attached hydrogens (primary N) is 2. The van der Waals surface area contributed by atoms with Crippen molar-refractivity contribution in [2.75, 3.05) is 24.4 Å². The van der Waals surface area contributed by atoms with Crippen molar-refractivity contribution in [3.05, 3.63) is 29.3 Å². The van der Waals surface area contributed by atoms with Crippen molar-refractivity contribution in [1.29, 1.82) is 0 Å². The largest absolute Gasteiger partial charge is 0.472 e. The molecule has 10 atom stereocenters. The van der Waals surface area contributed by atoms with E-state index >= 15 is 8.78 Å². The number of fused-ring (bicyclic) bond motifs is 5. The number of aromatic amines is 1. The molecular weight excluding hydrogens is 656 g/mol. The fourth-order valence-corrected chi connectivity index (χ4v) is 7.07. The number of phosphoric ester groups is 1. The molecule has 242 valence electrons. The third kappa shape index (κ3) is 5.29. The van der Waals surface area contributed by atoms with Gasteiger partial charge in [0.15, 0.2) is 66.2 Å². The zero-order chi connectivity index (χ0) is 31.8. The number of alkyl halides is 2. The van der Waals surface area contributed by atoms with Crippen LogP contribution >= 0.6 is 15.4 Å². The van der Waals surface area contributed by atoms with Gasteiger partial charge in [-0.15, -0.1) is 0 Å². The molecule has 4 aromatic rings. The van der Waals surface area contributed by atoms with Gasteiger partial charge in [0.05, 0.1) is 19.3 Å². The Morgan fingerprint density at radius 3 is 2.44 bits per heavy atom. The lowest BCUT2D eigenvalue weighted by molar-refractivity contribution is -0.167. The predicted molar refractivity (Wildman–Crippen MR) is 141 cm³/mol. The van der Waals surface area contributed by atoms with Crippen molar-refractivity contribution in [3.8, 4) is 0 Å². The Bertz CT molecular complexity index is 1940. The molecule has 3 aliphatic heterocycles. The van der Waals surface area contributed by atoms with E-state index < -0.39 is 83.3 Å². The second-order valence-corrected chi connectivity index (χ2v) is 13.2. The number of halogens is 2. The van der Waals surface area contributed by atoms with E-state index in [2.05, 4.69) is 29.9 Å². The summed E-state index contributed by atoms with van der Waals surface area (Å²) in [5, 5.41) is 0. The molecule has 45 heavy (non-hydrogen) atoms. The van der Waals surface area contributed by atoms with Gasteiger partial charge in [-0.25, -0.2) is 33.3 Å². The van der Waals surface area contributed by atoms with Crippen molar-refractivity contribution < 1.29 is 55.5 Å². The summed E-state index contributed by atoms with van der Waals surface area (Å²) in [5.41, 5.74) is 10.4. The van der Waals surface area contributed by atoms with E-state index in [9.17, 15) is 23.7 Å². The van der Waals surface area contributed by atoms with E-state index in [-0.39, 0.29) is 34.1 Å². The van der Waals surface area contributed by atoms with Gasteiger partial charge in [-0.3, -0.25) is 37.0 Å². The van der Waals surface area contributed by atoms with Crippen LogP contribution in [0.4, 0.5) is 20.5 Å². The molecular formula is C20H22F2N10O11P2. The fraction of sp³-hybridized carbons (Fsp3) is 0.500. The molecule has 0 radical (unpaired) electrons. The molecule has 0 amide bonds. The maximum absolute atomic E-state index is 15.8. The van der Waals surface area contributed by atoms with Crippen LogP contribution < -0.4 is 17.0 Å². The van der Waals surface area contributed by atoms with Crippen molar-refractivity contribution in [3.63, 3.8) is 0 Å². The van der Waals surface area contributed by atoms with Crippen LogP contribution in [0, 0.1) is 0 Å². The molecule has 4 aromatic heterocycles. The highest BCUT2D eigenvalue weighted by Gasteiger charge is 2.55. The Balaban J connectivity index is 1.21. The lowest BCUT2D eigenvalue weighted by Gasteiger charge is -2.25. The number of rotatable bonds is 2. The topological polar surface area (TPSA) is 289 Å². The first-order chi connectivity index (χ1) is 21.3. The quantitative estimate of drug-likeness (QED) is 0.169. The number of aromatic nitrogens is 8. The lowest BCUT2D eigenvalue weighted by atomic mass is 10.1. The first kappa shape index (κ1) is 30.2. The van der Waals surface area contributed by atoms with Crippen LogP contribution in [-0.2, 0) is 36.9 Å². The number of H-pyrrole nitrogens is 1. The molecule has 0 saturated carbocycles. The zero-order valence-electron chi connectivity index (χ0n) is 22.3. The summed E-state index contributed by atoms with van der Waals surface area (Å²) in [6, 6.07) is 0. The summed E-state index contributed by atoms with van der Waals surface area (Å²) < 4.78 is 91.6. The van der Waals surface area contributed by atoms with Gasteiger partial charge in [-0.2, -0.15) is 4.98 Å². The van der Waals surface area contributed by atoms with Gasteiger partial charge in [0, 0.05) is 0 Å². The number of nitrogen functional groups attached to an aromatic ring is 2. The summed E-state index contributed by atoms with van der Waals surface area (Å²) in [7, 11) is -10.2. The van der Waals surface area contributed by atoms with Gasteiger partial charge in [0.2, 0.25) is 5.95 Å². The summed E-state index contributed by atoms with van der Waals surface area (Å²) in [5.74, 6) is -0.344. The molecule has 7 N–H and O–H groups in total. The number of phosphoric acid groups is 1. The highest BCUT2D eigenvalue weighted by atomic mass is 31.2. The predicted octanol–water partition coefficient (Wildman–Crippen LogP) is -0.387. The highest BCUT2D eigenvalue weighted by molar-refractivity contribution is 7.52. The Morgan fingerprint density at radius 2 is 1.67 bits per heavy atom. The Morgan fingerprint density at radius 1 is 0.933 bits per heavy atom. The molecule has 25 heteroatoms. The van der Waals surface area contributed by atoms with Crippen molar-refractivity contribution in [2.24, 2.45) is 0 Å². The molecule has 0 aromatic carbocycles. The summed E-state index contributed by atoms with van der Waals surface area (Å²) in [4.78, 5) is 55.3. The van der Waals surface area contributed by atoms with Crippen molar-refractivity contribution in [2.45, 2.75) is 49.4 Å². The molecule has 3 saturated heterocycles. The summed E-state index contributed by atoms with van der Waals surface area (Å²) >= 11 is 0. The minimum absolute atomic E-state index is 0.0232. The fourth-order valence-electron chi connectivity index (χ4n) is 5.15. The monoisotopic (exact) mass is 678 g/mol. The van der Waals surface area contributed by atoms with Gasteiger partial charge in [0.25, 0.3) is 5.56 Å². The van der Waals surface area contributed by atoms with Gasteiger partial charge in [-0.05, 0) is 0 Å². The molecule has 21 nitrogen and oxygen atoms in total. The van der Waals surface area contributed by atoms with Crippen LogP contribution in [0.1, 0.15) is 12.5 Å². The number of imidazole rings is 2. The number of anilines is 2. The van der Waals surface area contributed by atoms with Crippen LogP contribution in [0.2, 0.25) is 0 Å². The standard InChI is InChI=1S/C20H22F2N10O11P2/c21-7-6-1-39-45(36,37)43-12-8(22)17(31-3-27-9-13(23)25-2-26-14(9)31)41-19(12)38-5-44(34,35)42-11(7)18(40-6)32-4-28-10-15(32)29-20(24)30-16(10)33/h2-4,6-8,11-12,17-19H,1,5H2,(H,34,35)(H,36,37)(H2,23,25,26)(H3,24,29,30,33)/t6-,7?,8?,11?,12?,17-,18-,19+/m1/s1. The molecule has 2 bridgehead atoms. The van der Waals surface area contributed by atoms with Crippen LogP contribution in [0.5, 0.6) is 0 Å². The summed E-state index contributed by atoms with van der Waals surface area (Å²) in [6.07, 6.45) is -13.4. The van der Waals surface area contributed by atoms with Crippen LogP contribution in [0.25, 0.3) is 22.3 Å². The normalized spacial score (nSPS) is 37.7. The third-order valence-electron chi connectivity index (χ3n) is 7.12. The maximum atomic E-state index is 15.8. The molecule has 7 rings (SSSR count). The number of nitrogens with one attached hydrogen (secondary N) is 1. The van der Waals surface area contributed by atoms with E-state index in [0.29, 0.717) is 0 Å². The van der Waals surface area contributed by atoms with E-state index in [1.165, 1.54) is 0 Å². The second kappa shape index (κ2) is 10.8. The van der Waals surface area contributed by atoms with E-state index in [1.54, 1.807) is 0 Å². The third-order valence-corrected chi connectivity index (χ3v) is 9.16. The van der Waals surface area contributed by atoms with E-state index in [0.717, 1.165) is 28.1 Å². The molecule has 3 fully saturated rings. The Labute approximate surface area is 247 Å². The van der Waals surface area contributed by atoms with Crippen LogP contribution in [0.3, 0.4) is 0 Å². The van der Waals surface area contributed by atoms with Gasteiger partial charge < -0.3 is 35.5 Å². The molecule has 0 aliphatic carbocycles. The van der Waals surface area contributed by atoms with E-state index in [4.69, 9.17) is 39.2 Å². The number of hydrogen-bond donors (Lipinski definition) is 5. The highest BCUT2D eigenvalue weighted by Crippen LogP contribution is 2.54. The Kier molecular flexibility index (Phi) is 7.24. The average Bonchev–Trinajstić information content (AvgIpc) is 3.72. The van der Waals surface area contributed by atoms with Crippen LogP contribution in [0.15, 0.2) is 23.8 Å². The number of ether oxygens (including phenoxy) is 3. The van der Waals surface area contributed by atoms with Crippen molar-refractivity contribution in [1.82, 2.24) is 39.0 Å². The van der Waals surface area contributed by atoms with Gasteiger partial charge >= 0.3 is 15.4 Å². The molecule has 6 unspecified atom stereocenters. The number of nitrogens with zero attached hydrogens (tertiary/aromatic N) is 7. The van der Waals surface area contributed by atoms with Gasteiger partial charge in [-0.1, -0.05) is 0 Å². The zero-order valence-corrected chi connectivity index (χ0v) is 24.1. The van der Waals surface area contributed by atoms with Crippen LogP contribution in [-0.4, -0.2) is 98.7 Å². The van der Waals surface area contributed by atoms with Gasteiger partial charge in [0.1, 0.15) is 24.1 Å². The molecule has 0 spiro atoms. The minimum Gasteiger partial charge on any atom is -0.382 e. The molecule has 7 heterocycles. The maximum Gasteiger partial charge on any atom is 0.472 e. The van der Waals surface area contributed by atoms with E-state index in [1.807, 2.05) is 0 Å². The van der Waals surface area contributed by atoms with Crippen molar-refractivity contribution >= 4 is 49.5 Å². The smallest absolute Gasteiger partial charge is 0.382 e. The minimum atomic E-state index is -5.22. The second-order valence-electron chi connectivity index (χ2n) is 10.0. The first-order valence-corrected chi connectivity index (χ1v) is 16.1. The number of hydrogen-bond acceptors (Lipinski definition) is 16. The molecule has 3 aliphatic rings. The summed E-state index contributed by atoms with van der Waals surface area (Å²) in [6.45, 7) is -0.981. The first-order valence-electron chi connectivity index (χ1n) is 12.8. The SMILES string of the molecule is Nc1nc2c(ncn2[C@@H]2O[C@@H]3COP(=O)(O)OC4C(F)[C@H](n5cnc6c(N)ncnc65)O[C@@H]4OCP(=O)(O)OC2C3F)c(=O)[nH]1. The average molecular weight is 678 g/mol. The Hall–Kier alpha value is -3.50. The lowest BCUT2D eigenvalue weighted by Crippen LogP contribution is -2.33.